The second kappa shape index (κ2) is 3.98. The molecule has 0 saturated heterocycles. The van der Waals surface area contributed by atoms with Crippen molar-refractivity contribution in [1.82, 2.24) is 5.32 Å². The molecule has 1 aromatic rings. The highest BCUT2D eigenvalue weighted by molar-refractivity contribution is 5.49. The molecule has 0 bridgehead atoms. The first-order valence-corrected chi connectivity index (χ1v) is 5.73. The summed E-state index contributed by atoms with van der Waals surface area (Å²) in [6.45, 7) is 7.23. The number of nitrogens with one attached hydrogen (secondary N) is 1. The number of fused-ring (bicyclic) bond motifs is 1. The second-order valence-electron chi connectivity index (χ2n) is 5.47. The lowest BCUT2D eigenvalue weighted by Gasteiger charge is -2.32. The summed E-state index contributed by atoms with van der Waals surface area (Å²) >= 11 is 0. The second-order valence-corrected chi connectivity index (χ2v) is 5.47. The van der Waals surface area contributed by atoms with Gasteiger partial charge < -0.3 is 15.8 Å². The lowest BCUT2D eigenvalue weighted by Crippen LogP contribution is -2.48. The van der Waals surface area contributed by atoms with Crippen molar-refractivity contribution in [2.45, 2.75) is 38.8 Å². The molecule has 88 valence electrons. The maximum absolute atomic E-state index is 5.72. The van der Waals surface area contributed by atoms with E-state index in [-0.39, 0.29) is 5.54 Å². The third kappa shape index (κ3) is 2.67. The fourth-order valence-electron chi connectivity index (χ4n) is 2.09. The fourth-order valence-corrected chi connectivity index (χ4v) is 2.09. The van der Waals surface area contributed by atoms with Crippen LogP contribution in [0.25, 0.3) is 0 Å². The quantitative estimate of drug-likeness (QED) is 0.711. The van der Waals surface area contributed by atoms with Crippen LogP contribution in [0.4, 0.5) is 5.69 Å². The summed E-state index contributed by atoms with van der Waals surface area (Å²) in [4.78, 5) is 0. The Labute approximate surface area is 97.0 Å². The number of nitrogens with two attached hydrogens (primary N) is 1. The molecule has 2 rings (SSSR count). The lowest BCUT2D eigenvalue weighted by molar-refractivity contribution is 0.212. The van der Waals surface area contributed by atoms with E-state index in [4.69, 9.17) is 10.5 Å². The third-order valence-corrected chi connectivity index (χ3v) is 2.63. The van der Waals surface area contributed by atoms with Gasteiger partial charge in [0.1, 0.15) is 12.4 Å². The molecule has 1 heterocycles. The topological polar surface area (TPSA) is 47.3 Å². The van der Waals surface area contributed by atoms with Gasteiger partial charge in [-0.05, 0) is 38.8 Å². The highest BCUT2D eigenvalue weighted by Gasteiger charge is 2.23. The Morgan fingerprint density at radius 2 is 2.12 bits per heavy atom. The van der Waals surface area contributed by atoms with Crippen LogP contribution in [0.15, 0.2) is 18.2 Å². The highest BCUT2D eigenvalue weighted by Crippen LogP contribution is 2.27. The number of hydrogen-bond acceptors (Lipinski definition) is 3. The molecular formula is C13H20N2O. The van der Waals surface area contributed by atoms with Gasteiger partial charge in [-0.3, -0.25) is 0 Å². The van der Waals surface area contributed by atoms with Gasteiger partial charge in [-0.25, -0.2) is 0 Å². The zero-order valence-corrected chi connectivity index (χ0v) is 10.2. The average molecular weight is 220 g/mol. The van der Waals surface area contributed by atoms with Gasteiger partial charge in [0.05, 0.1) is 0 Å². The van der Waals surface area contributed by atoms with E-state index < -0.39 is 0 Å². The summed E-state index contributed by atoms with van der Waals surface area (Å²) in [5.41, 5.74) is 7.85. The molecule has 0 aliphatic carbocycles. The summed E-state index contributed by atoms with van der Waals surface area (Å²) in [6, 6.07) is 6.28. The number of rotatable bonds is 1. The highest BCUT2D eigenvalue weighted by atomic mass is 16.5. The summed E-state index contributed by atoms with van der Waals surface area (Å²) in [7, 11) is 0. The SMILES string of the molecule is CC(C)(C)NC1COc2cc(N)ccc2C1. The van der Waals surface area contributed by atoms with E-state index in [1.807, 2.05) is 12.1 Å². The van der Waals surface area contributed by atoms with E-state index in [9.17, 15) is 0 Å². The van der Waals surface area contributed by atoms with Crippen molar-refractivity contribution in [2.75, 3.05) is 12.3 Å². The number of ether oxygens (including phenoxy) is 1. The molecular weight excluding hydrogens is 200 g/mol. The molecule has 0 saturated carbocycles. The maximum atomic E-state index is 5.72. The Hall–Kier alpha value is -1.22. The molecule has 3 heteroatoms. The van der Waals surface area contributed by atoms with Crippen molar-refractivity contribution in [2.24, 2.45) is 0 Å². The monoisotopic (exact) mass is 220 g/mol. The maximum Gasteiger partial charge on any atom is 0.124 e. The summed E-state index contributed by atoms with van der Waals surface area (Å²) < 4.78 is 5.72. The zero-order valence-electron chi connectivity index (χ0n) is 10.2. The van der Waals surface area contributed by atoms with Gasteiger partial charge in [0.15, 0.2) is 0 Å². The molecule has 1 atom stereocenters. The predicted molar refractivity (Wildman–Crippen MR) is 66.7 cm³/mol. The van der Waals surface area contributed by atoms with Crippen molar-refractivity contribution in [3.8, 4) is 5.75 Å². The molecule has 0 amide bonds. The Kier molecular flexibility index (Phi) is 2.80. The molecule has 1 aliphatic rings. The minimum absolute atomic E-state index is 0.124. The molecule has 0 spiro atoms. The molecule has 0 fully saturated rings. The Morgan fingerprint density at radius 3 is 2.81 bits per heavy atom. The van der Waals surface area contributed by atoms with Crippen molar-refractivity contribution in [3.63, 3.8) is 0 Å². The molecule has 1 aromatic carbocycles. The van der Waals surface area contributed by atoms with Gasteiger partial charge in [-0.1, -0.05) is 6.07 Å². The smallest absolute Gasteiger partial charge is 0.124 e. The standard InChI is InChI=1S/C13H20N2O/c1-13(2,3)15-11-6-9-4-5-10(14)7-12(9)16-8-11/h4-5,7,11,15H,6,8,14H2,1-3H3. The van der Waals surface area contributed by atoms with Gasteiger partial charge in [-0.15, -0.1) is 0 Å². The van der Waals surface area contributed by atoms with Crippen LogP contribution in [0.3, 0.4) is 0 Å². The van der Waals surface area contributed by atoms with E-state index in [1.165, 1.54) is 5.56 Å². The van der Waals surface area contributed by atoms with Crippen LogP contribution in [0.2, 0.25) is 0 Å². The predicted octanol–water partition coefficient (Wildman–Crippen LogP) is 1.96. The third-order valence-electron chi connectivity index (χ3n) is 2.63. The van der Waals surface area contributed by atoms with Crippen molar-refractivity contribution in [3.05, 3.63) is 23.8 Å². The molecule has 3 N–H and O–H groups in total. The van der Waals surface area contributed by atoms with Crippen LogP contribution in [0.5, 0.6) is 5.75 Å². The molecule has 3 nitrogen and oxygen atoms in total. The van der Waals surface area contributed by atoms with Crippen LogP contribution in [0, 0.1) is 0 Å². The first-order valence-electron chi connectivity index (χ1n) is 5.73. The molecule has 16 heavy (non-hydrogen) atoms. The van der Waals surface area contributed by atoms with Gasteiger partial charge in [0, 0.05) is 23.3 Å². The van der Waals surface area contributed by atoms with Gasteiger partial charge >= 0.3 is 0 Å². The average Bonchev–Trinajstić information content (AvgIpc) is 2.16. The minimum atomic E-state index is 0.124. The van der Waals surface area contributed by atoms with Crippen LogP contribution < -0.4 is 15.8 Å². The van der Waals surface area contributed by atoms with Crippen LogP contribution in [-0.2, 0) is 6.42 Å². The van der Waals surface area contributed by atoms with Gasteiger partial charge in [-0.2, -0.15) is 0 Å². The molecule has 0 aromatic heterocycles. The van der Waals surface area contributed by atoms with Crippen LogP contribution in [0.1, 0.15) is 26.3 Å². The molecule has 0 radical (unpaired) electrons. The number of hydrogen-bond donors (Lipinski definition) is 2. The van der Waals surface area contributed by atoms with Gasteiger partial charge in [0.2, 0.25) is 0 Å². The Balaban J connectivity index is 2.09. The van der Waals surface area contributed by atoms with E-state index in [0.29, 0.717) is 12.6 Å². The number of benzene rings is 1. The van der Waals surface area contributed by atoms with Crippen LogP contribution in [-0.4, -0.2) is 18.2 Å². The molecule has 1 aliphatic heterocycles. The summed E-state index contributed by atoms with van der Waals surface area (Å²) in [5, 5.41) is 3.56. The largest absolute Gasteiger partial charge is 0.492 e. The summed E-state index contributed by atoms with van der Waals surface area (Å²) in [5.74, 6) is 0.937. The normalized spacial score (nSPS) is 20.1. The van der Waals surface area contributed by atoms with Gasteiger partial charge in [0.25, 0.3) is 0 Å². The van der Waals surface area contributed by atoms with E-state index in [1.54, 1.807) is 0 Å². The van der Waals surface area contributed by atoms with Crippen molar-refractivity contribution >= 4 is 5.69 Å². The van der Waals surface area contributed by atoms with Crippen LogP contribution >= 0.6 is 0 Å². The van der Waals surface area contributed by atoms with E-state index in [2.05, 4.69) is 32.2 Å². The Morgan fingerprint density at radius 1 is 1.38 bits per heavy atom. The van der Waals surface area contributed by atoms with E-state index >= 15 is 0 Å². The summed E-state index contributed by atoms with van der Waals surface area (Å²) in [6.07, 6.45) is 1.01. The molecule has 1 unspecified atom stereocenters. The first-order chi connectivity index (χ1) is 7.44. The zero-order chi connectivity index (χ0) is 11.8. The minimum Gasteiger partial charge on any atom is -0.492 e. The van der Waals surface area contributed by atoms with E-state index in [0.717, 1.165) is 17.9 Å². The van der Waals surface area contributed by atoms with Crippen molar-refractivity contribution < 1.29 is 4.74 Å². The number of nitrogen functional groups attached to an aromatic ring is 1. The number of anilines is 1. The Bertz CT molecular complexity index is 382. The fraction of sp³-hybridized carbons (Fsp3) is 0.538. The first kappa shape index (κ1) is 11.3. The lowest BCUT2D eigenvalue weighted by atomic mass is 9.99. The van der Waals surface area contributed by atoms with Crippen molar-refractivity contribution in [1.29, 1.82) is 0 Å².